The van der Waals surface area contributed by atoms with Crippen molar-refractivity contribution in [2.75, 3.05) is 19.1 Å². The molecule has 2 heterocycles. The van der Waals surface area contributed by atoms with Gasteiger partial charge in [0.05, 0.1) is 25.8 Å². The normalized spacial score (nSPS) is 16.5. The molecule has 5 rings (SSSR count). The molecule has 0 radical (unpaired) electrons. The number of benzene rings is 3. The van der Waals surface area contributed by atoms with Crippen molar-refractivity contribution in [2.24, 2.45) is 0 Å². The van der Waals surface area contributed by atoms with Crippen molar-refractivity contribution in [3.63, 3.8) is 0 Å². The van der Waals surface area contributed by atoms with Gasteiger partial charge in [-0.15, -0.1) is 10.2 Å². The van der Waals surface area contributed by atoms with Crippen LogP contribution in [0.3, 0.4) is 0 Å². The number of ketones is 1. The molecule has 0 aliphatic carbocycles. The third-order valence-corrected chi connectivity index (χ3v) is 8.60. The molecule has 1 atom stereocenters. The summed E-state index contributed by atoms with van der Waals surface area (Å²) < 4.78 is 11.4. The van der Waals surface area contributed by atoms with Gasteiger partial charge in [-0.2, -0.15) is 0 Å². The first-order valence-corrected chi connectivity index (χ1v) is 13.9. The summed E-state index contributed by atoms with van der Waals surface area (Å²) in [6.45, 7) is 0. The van der Waals surface area contributed by atoms with Crippen molar-refractivity contribution in [3.8, 4) is 11.5 Å². The molecule has 1 saturated heterocycles. The Morgan fingerprint density at radius 1 is 1.00 bits per heavy atom. The lowest BCUT2D eigenvalue weighted by Crippen LogP contribution is -2.29. The molecule has 1 N–H and O–H groups in total. The van der Waals surface area contributed by atoms with Gasteiger partial charge in [-0.05, 0) is 29.3 Å². The van der Waals surface area contributed by atoms with E-state index in [4.69, 9.17) is 21.1 Å². The van der Waals surface area contributed by atoms with Crippen molar-refractivity contribution in [3.05, 3.63) is 100 Å². The Balaban J connectivity index is 1.58. The fourth-order valence-electron chi connectivity index (χ4n) is 4.23. The number of thioether (sulfide) groups is 1. The fourth-order valence-corrected chi connectivity index (χ4v) is 6.39. The summed E-state index contributed by atoms with van der Waals surface area (Å²) in [7, 11) is 3.01. The van der Waals surface area contributed by atoms with Crippen LogP contribution < -0.4 is 14.4 Å². The molecular formula is C28H22ClN3O5S2. The zero-order chi connectivity index (χ0) is 27.5. The minimum atomic E-state index is -0.973. The van der Waals surface area contributed by atoms with E-state index in [0.29, 0.717) is 37.7 Å². The summed E-state index contributed by atoms with van der Waals surface area (Å²) in [5, 5.41) is 20.6. The predicted octanol–water partition coefficient (Wildman–Crippen LogP) is 6.13. The molecule has 1 aliphatic rings. The highest BCUT2D eigenvalue weighted by atomic mass is 35.5. The molecular weight excluding hydrogens is 558 g/mol. The van der Waals surface area contributed by atoms with Gasteiger partial charge in [0.15, 0.2) is 15.8 Å². The molecule has 11 heteroatoms. The number of carbonyl (C=O) groups excluding carboxylic acids is 2. The molecule has 39 heavy (non-hydrogen) atoms. The second-order valence-electron chi connectivity index (χ2n) is 8.38. The molecule has 1 unspecified atom stereocenters. The van der Waals surface area contributed by atoms with E-state index in [2.05, 4.69) is 10.2 Å². The molecule has 3 aromatic carbocycles. The van der Waals surface area contributed by atoms with Crippen LogP contribution in [0.1, 0.15) is 22.7 Å². The van der Waals surface area contributed by atoms with Gasteiger partial charge in [-0.1, -0.05) is 89.3 Å². The van der Waals surface area contributed by atoms with Gasteiger partial charge in [0.2, 0.25) is 5.13 Å². The smallest absolute Gasteiger partial charge is 0.301 e. The number of amides is 1. The zero-order valence-electron chi connectivity index (χ0n) is 20.8. The van der Waals surface area contributed by atoms with E-state index >= 15 is 0 Å². The number of carbonyl (C=O) groups is 2. The van der Waals surface area contributed by atoms with Gasteiger partial charge < -0.3 is 14.6 Å². The number of methoxy groups -OCH3 is 2. The number of anilines is 1. The number of ether oxygens (including phenoxy) is 2. The van der Waals surface area contributed by atoms with Crippen LogP contribution in [0, 0.1) is 0 Å². The number of halogens is 1. The molecule has 0 spiro atoms. The number of hydrogen-bond donors (Lipinski definition) is 1. The van der Waals surface area contributed by atoms with Crippen LogP contribution in [0.25, 0.3) is 5.76 Å². The zero-order valence-corrected chi connectivity index (χ0v) is 23.2. The molecule has 4 aromatic rings. The maximum Gasteiger partial charge on any atom is 0.301 e. The number of nitrogens with zero attached hydrogens (tertiary/aromatic N) is 3. The fraction of sp³-hybridized carbons (Fsp3) is 0.143. The van der Waals surface area contributed by atoms with E-state index in [0.717, 1.165) is 5.56 Å². The third kappa shape index (κ3) is 5.23. The lowest BCUT2D eigenvalue weighted by Gasteiger charge is -2.23. The minimum Gasteiger partial charge on any atom is -0.507 e. The van der Waals surface area contributed by atoms with Crippen molar-refractivity contribution in [1.29, 1.82) is 0 Å². The largest absolute Gasteiger partial charge is 0.507 e. The third-order valence-electron chi connectivity index (χ3n) is 6.13. The topological polar surface area (TPSA) is 102 Å². The van der Waals surface area contributed by atoms with Crippen LogP contribution in [0.2, 0.25) is 5.02 Å². The van der Waals surface area contributed by atoms with Crippen LogP contribution in [0.5, 0.6) is 11.5 Å². The van der Waals surface area contributed by atoms with Crippen LogP contribution in [0.15, 0.2) is 82.7 Å². The van der Waals surface area contributed by atoms with Gasteiger partial charge in [0, 0.05) is 16.3 Å². The summed E-state index contributed by atoms with van der Waals surface area (Å²) in [5.74, 6) is -0.471. The Labute approximate surface area is 237 Å². The first-order valence-electron chi connectivity index (χ1n) is 11.7. The van der Waals surface area contributed by atoms with E-state index in [1.165, 1.54) is 42.2 Å². The summed E-state index contributed by atoms with van der Waals surface area (Å²) in [5.41, 5.74) is 1.83. The van der Waals surface area contributed by atoms with Gasteiger partial charge in [-0.3, -0.25) is 14.5 Å². The van der Waals surface area contributed by atoms with E-state index in [1.54, 1.807) is 48.5 Å². The lowest BCUT2D eigenvalue weighted by atomic mass is 9.95. The molecule has 198 valence electrons. The average Bonchev–Trinajstić information content (AvgIpc) is 3.54. The summed E-state index contributed by atoms with van der Waals surface area (Å²) in [6.07, 6.45) is 0. The molecule has 1 aromatic heterocycles. The second-order valence-corrected chi connectivity index (χ2v) is 11.0. The van der Waals surface area contributed by atoms with E-state index < -0.39 is 17.7 Å². The van der Waals surface area contributed by atoms with Crippen molar-refractivity contribution in [2.45, 2.75) is 16.1 Å². The first kappa shape index (κ1) is 26.7. The monoisotopic (exact) mass is 579 g/mol. The van der Waals surface area contributed by atoms with Crippen molar-refractivity contribution < 1.29 is 24.2 Å². The average molecular weight is 580 g/mol. The highest BCUT2D eigenvalue weighted by molar-refractivity contribution is 8.00. The maximum absolute atomic E-state index is 13.4. The number of aliphatic hydroxyl groups excluding tert-OH is 1. The van der Waals surface area contributed by atoms with Gasteiger partial charge in [-0.25, -0.2) is 0 Å². The Morgan fingerprint density at radius 3 is 2.44 bits per heavy atom. The summed E-state index contributed by atoms with van der Waals surface area (Å²) in [4.78, 5) is 28.1. The number of aliphatic hydroxyl groups is 1. The van der Waals surface area contributed by atoms with Crippen LogP contribution in [-0.4, -0.2) is 41.2 Å². The predicted molar refractivity (Wildman–Crippen MR) is 152 cm³/mol. The number of Topliss-reactive ketones (excluding diaryl/α,β-unsaturated/α-hetero) is 1. The van der Waals surface area contributed by atoms with Crippen molar-refractivity contribution in [1.82, 2.24) is 10.2 Å². The SMILES string of the molecule is COc1ccc(C2/C(=C(/O)c3ccccc3)C(=O)C(=O)N2c2nnc(SCc3ccccc3Cl)s2)cc1OC. The van der Waals surface area contributed by atoms with E-state index in [1.807, 2.05) is 24.3 Å². The number of rotatable bonds is 8. The highest BCUT2D eigenvalue weighted by Crippen LogP contribution is 2.45. The Hall–Kier alpha value is -3.86. The minimum absolute atomic E-state index is 0.0566. The molecule has 1 fully saturated rings. The molecule has 8 nitrogen and oxygen atoms in total. The summed E-state index contributed by atoms with van der Waals surface area (Å²) in [6, 6.07) is 20.2. The Morgan fingerprint density at radius 2 is 1.72 bits per heavy atom. The summed E-state index contributed by atoms with van der Waals surface area (Å²) >= 11 is 8.88. The lowest BCUT2D eigenvalue weighted by molar-refractivity contribution is -0.132. The molecule has 0 saturated carbocycles. The molecule has 1 aliphatic heterocycles. The first-order chi connectivity index (χ1) is 18.9. The van der Waals surface area contributed by atoms with Gasteiger partial charge >= 0.3 is 5.91 Å². The van der Waals surface area contributed by atoms with Crippen LogP contribution in [0.4, 0.5) is 5.13 Å². The standard InChI is InChI=1S/C28H22ClN3O5S2/c1-36-20-13-12-17(14-21(20)37-2)23-22(24(33)16-8-4-3-5-9-16)25(34)26(35)32(23)27-30-31-28(39-27)38-15-18-10-6-7-11-19(18)29/h3-14,23,33H,15H2,1-2H3/b24-22-. The number of aromatic nitrogens is 2. The van der Waals surface area contributed by atoms with Crippen molar-refractivity contribution >= 4 is 57.3 Å². The van der Waals surface area contributed by atoms with E-state index in [9.17, 15) is 14.7 Å². The maximum atomic E-state index is 13.4. The molecule has 0 bridgehead atoms. The quantitative estimate of drug-likeness (QED) is 0.0875. The van der Waals surface area contributed by atoms with Crippen LogP contribution >= 0.6 is 34.7 Å². The molecule has 1 amide bonds. The second kappa shape index (κ2) is 11.5. The van der Waals surface area contributed by atoms with Gasteiger partial charge in [0.1, 0.15) is 5.76 Å². The Kier molecular flexibility index (Phi) is 7.87. The highest BCUT2D eigenvalue weighted by Gasteiger charge is 2.48. The number of hydrogen-bond acceptors (Lipinski definition) is 9. The Bertz CT molecular complexity index is 1570. The van der Waals surface area contributed by atoms with Crippen LogP contribution in [-0.2, 0) is 15.3 Å². The van der Waals surface area contributed by atoms with E-state index in [-0.39, 0.29) is 16.5 Å². The van der Waals surface area contributed by atoms with Gasteiger partial charge in [0.25, 0.3) is 5.78 Å².